The molecule has 0 radical (unpaired) electrons. The van der Waals surface area contributed by atoms with E-state index in [1.54, 1.807) is 4.68 Å². The molecule has 0 aliphatic rings. The number of nitrogens with zero attached hydrogens (tertiary/aromatic N) is 2. The monoisotopic (exact) mass is 208 g/mol. The van der Waals surface area contributed by atoms with E-state index in [0.717, 1.165) is 0 Å². The molecule has 1 heterocycles. The van der Waals surface area contributed by atoms with E-state index in [2.05, 4.69) is 0 Å². The van der Waals surface area contributed by atoms with Crippen LogP contribution in [-0.4, -0.2) is 9.36 Å². The van der Waals surface area contributed by atoms with E-state index in [-0.39, 0.29) is 10.6 Å². The second-order valence-corrected chi connectivity index (χ2v) is 3.08. The van der Waals surface area contributed by atoms with Gasteiger partial charge in [-0.05, 0) is 13.8 Å². The Labute approximate surface area is 80.5 Å². The van der Waals surface area contributed by atoms with Crippen molar-refractivity contribution in [2.45, 2.75) is 26.9 Å². The number of hydrogen-bond acceptors (Lipinski definition) is 1. The predicted molar refractivity (Wildman–Crippen MR) is 50.1 cm³/mol. The van der Waals surface area contributed by atoms with Crippen molar-refractivity contribution in [3.63, 3.8) is 0 Å². The number of hydrogen-bond donors (Lipinski definition) is 0. The summed E-state index contributed by atoms with van der Waals surface area (Å²) >= 11 is 11.5. The first-order valence-corrected chi connectivity index (χ1v) is 4.53. The van der Waals surface area contributed by atoms with E-state index in [1.807, 2.05) is 13.8 Å². The summed E-state index contributed by atoms with van der Waals surface area (Å²) < 4.78 is 3.18. The summed E-state index contributed by atoms with van der Waals surface area (Å²) in [7, 11) is 0. The summed E-state index contributed by atoms with van der Waals surface area (Å²) in [6.07, 6.45) is 0. The molecule has 1 rings (SSSR count). The van der Waals surface area contributed by atoms with Crippen LogP contribution in [0.4, 0.5) is 0 Å². The fraction of sp³-hybridized carbons (Fsp3) is 0.571. The molecule has 0 unspecified atom stereocenters. The maximum Gasteiger partial charge on any atom is 0.287 e. The van der Waals surface area contributed by atoms with Crippen LogP contribution in [0.1, 0.15) is 13.8 Å². The zero-order chi connectivity index (χ0) is 9.30. The van der Waals surface area contributed by atoms with Crippen LogP contribution >= 0.6 is 23.2 Å². The highest BCUT2D eigenvalue weighted by Crippen LogP contribution is 2.17. The molecule has 3 nitrogen and oxygen atoms in total. The summed E-state index contributed by atoms with van der Waals surface area (Å²) in [5.41, 5.74) is -0.217. The zero-order valence-electron chi connectivity index (χ0n) is 6.97. The van der Waals surface area contributed by atoms with Gasteiger partial charge in [0.2, 0.25) is 0 Å². The Morgan fingerprint density at radius 1 is 1.17 bits per heavy atom. The Hall–Kier alpha value is -0.410. The molecule has 0 spiro atoms. The van der Waals surface area contributed by atoms with Crippen molar-refractivity contribution in [1.29, 1.82) is 0 Å². The lowest BCUT2D eigenvalue weighted by Gasteiger charge is -2.06. The summed E-state index contributed by atoms with van der Waals surface area (Å²) in [5.74, 6) is 0. The van der Waals surface area contributed by atoms with Gasteiger partial charge in [0.15, 0.2) is 0 Å². The topological polar surface area (TPSA) is 26.9 Å². The lowest BCUT2D eigenvalue weighted by Crippen LogP contribution is -2.21. The molecule has 0 N–H and O–H groups in total. The lowest BCUT2D eigenvalue weighted by atomic mass is 10.7. The highest BCUT2D eigenvalue weighted by atomic mass is 35.5. The van der Waals surface area contributed by atoms with Gasteiger partial charge in [0, 0.05) is 13.1 Å². The molecular weight excluding hydrogens is 199 g/mol. The Balaban J connectivity index is 3.44. The van der Waals surface area contributed by atoms with Crippen LogP contribution in [0.3, 0.4) is 0 Å². The van der Waals surface area contributed by atoms with Crippen molar-refractivity contribution in [3.8, 4) is 0 Å². The van der Waals surface area contributed by atoms with Crippen molar-refractivity contribution < 1.29 is 0 Å². The highest BCUT2D eigenvalue weighted by Gasteiger charge is 2.13. The van der Waals surface area contributed by atoms with E-state index in [1.165, 1.54) is 4.68 Å². The van der Waals surface area contributed by atoms with Crippen LogP contribution < -0.4 is 5.56 Å². The minimum atomic E-state index is -0.217. The maximum atomic E-state index is 11.3. The second kappa shape index (κ2) is 3.54. The van der Waals surface area contributed by atoms with E-state index >= 15 is 0 Å². The van der Waals surface area contributed by atoms with Crippen molar-refractivity contribution in [3.05, 3.63) is 20.5 Å². The largest absolute Gasteiger partial charge is 0.287 e. The van der Waals surface area contributed by atoms with Crippen molar-refractivity contribution in [1.82, 2.24) is 9.36 Å². The van der Waals surface area contributed by atoms with Gasteiger partial charge in [0.1, 0.15) is 10.2 Å². The third-order valence-corrected chi connectivity index (χ3v) is 2.54. The van der Waals surface area contributed by atoms with E-state index in [4.69, 9.17) is 23.2 Å². The first-order valence-electron chi connectivity index (χ1n) is 3.78. The van der Waals surface area contributed by atoms with E-state index in [0.29, 0.717) is 18.2 Å². The van der Waals surface area contributed by atoms with Gasteiger partial charge in [-0.3, -0.25) is 9.48 Å². The van der Waals surface area contributed by atoms with Gasteiger partial charge in [0.05, 0.1) is 0 Å². The van der Waals surface area contributed by atoms with Crippen molar-refractivity contribution in [2.75, 3.05) is 0 Å². The van der Waals surface area contributed by atoms with Crippen LogP contribution in [0.25, 0.3) is 0 Å². The summed E-state index contributed by atoms with van der Waals surface area (Å²) in [4.78, 5) is 11.3. The molecule has 12 heavy (non-hydrogen) atoms. The minimum absolute atomic E-state index is 0.111. The molecule has 0 fully saturated rings. The van der Waals surface area contributed by atoms with Gasteiger partial charge in [0.25, 0.3) is 5.56 Å². The smallest absolute Gasteiger partial charge is 0.270 e. The standard InChI is InChI=1S/C7H10Cl2N2O/c1-3-10-6(9)5(8)7(12)11(10)4-2/h3-4H2,1-2H3. The van der Waals surface area contributed by atoms with Gasteiger partial charge in [-0.15, -0.1) is 0 Å². The summed E-state index contributed by atoms with van der Waals surface area (Å²) in [6, 6.07) is 0. The molecule has 0 saturated carbocycles. The molecule has 0 amide bonds. The van der Waals surface area contributed by atoms with Gasteiger partial charge < -0.3 is 0 Å². The molecule has 0 bridgehead atoms. The van der Waals surface area contributed by atoms with Crippen LogP contribution in [0.2, 0.25) is 10.2 Å². The van der Waals surface area contributed by atoms with Crippen molar-refractivity contribution >= 4 is 23.2 Å². The second-order valence-electron chi connectivity index (χ2n) is 2.34. The van der Waals surface area contributed by atoms with Crippen LogP contribution in [0.15, 0.2) is 4.79 Å². The fourth-order valence-corrected chi connectivity index (χ4v) is 1.64. The van der Waals surface area contributed by atoms with Crippen LogP contribution in [-0.2, 0) is 13.1 Å². The quantitative estimate of drug-likeness (QED) is 0.731. The molecule has 5 heteroatoms. The predicted octanol–water partition coefficient (Wildman–Crippen LogP) is 2.00. The fourth-order valence-electron chi connectivity index (χ4n) is 1.15. The molecule has 0 aliphatic heterocycles. The Kier molecular flexibility index (Phi) is 2.85. The number of rotatable bonds is 2. The van der Waals surface area contributed by atoms with E-state index in [9.17, 15) is 4.79 Å². The molecule has 0 saturated heterocycles. The molecule has 0 aromatic carbocycles. The maximum absolute atomic E-state index is 11.3. The average Bonchev–Trinajstić information content (AvgIpc) is 2.29. The van der Waals surface area contributed by atoms with E-state index < -0.39 is 0 Å². The Morgan fingerprint density at radius 2 is 1.67 bits per heavy atom. The van der Waals surface area contributed by atoms with Gasteiger partial charge in [-0.25, -0.2) is 4.68 Å². The van der Waals surface area contributed by atoms with Gasteiger partial charge in [-0.1, -0.05) is 23.2 Å². The Bertz CT molecular complexity index is 340. The average molecular weight is 209 g/mol. The van der Waals surface area contributed by atoms with Crippen LogP contribution in [0, 0.1) is 0 Å². The van der Waals surface area contributed by atoms with Gasteiger partial charge in [-0.2, -0.15) is 0 Å². The first kappa shape index (κ1) is 9.68. The SMILES string of the molecule is CCn1c(Cl)c(Cl)c(=O)n1CC. The molecule has 1 aromatic heterocycles. The number of aromatic nitrogens is 2. The lowest BCUT2D eigenvalue weighted by molar-refractivity contribution is 0.477. The zero-order valence-corrected chi connectivity index (χ0v) is 8.48. The third kappa shape index (κ3) is 1.27. The highest BCUT2D eigenvalue weighted by molar-refractivity contribution is 6.41. The van der Waals surface area contributed by atoms with Crippen LogP contribution in [0.5, 0.6) is 0 Å². The molecule has 68 valence electrons. The minimum Gasteiger partial charge on any atom is -0.270 e. The van der Waals surface area contributed by atoms with Crippen molar-refractivity contribution in [2.24, 2.45) is 0 Å². The molecule has 0 atom stereocenters. The molecule has 0 aliphatic carbocycles. The Morgan fingerprint density at radius 3 is 2.00 bits per heavy atom. The molecular formula is C7H10Cl2N2O. The summed E-state index contributed by atoms with van der Waals surface area (Å²) in [6.45, 7) is 5.02. The molecule has 1 aromatic rings. The summed E-state index contributed by atoms with van der Waals surface area (Å²) in [5, 5.41) is 0.436. The number of halogens is 2. The van der Waals surface area contributed by atoms with Gasteiger partial charge >= 0.3 is 0 Å². The normalized spacial score (nSPS) is 10.7. The first-order chi connectivity index (χ1) is 5.63. The third-order valence-electron chi connectivity index (χ3n) is 1.72.